The van der Waals surface area contributed by atoms with Gasteiger partial charge in [0.05, 0.1) is 0 Å². The number of carbonyl (C=O) groups excluding carboxylic acids is 1. The van der Waals surface area contributed by atoms with Crippen LogP contribution in [0.4, 0.5) is 0 Å². The number of hydrogen-bond acceptors (Lipinski definition) is 3. The van der Waals surface area contributed by atoms with Gasteiger partial charge in [-0.15, -0.1) is 0 Å². The molecule has 0 N–H and O–H groups in total. The molecule has 1 fully saturated rings. The highest BCUT2D eigenvalue weighted by atomic mass is 32.2. The minimum absolute atomic E-state index is 0.284. The van der Waals surface area contributed by atoms with Crippen LogP contribution in [0.1, 0.15) is 13.3 Å². The maximum Gasteiger partial charge on any atom is 0.162 e. The van der Waals surface area contributed by atoms with Crippen LogP contribution in [0.3, 0.4) is 0 Å². The molecule has 0 aliphatic carbocycles. The first-order valence-electron chi connectivity index (χ1n) is 4.02. The van der Waals surface area contributed by atoms with Gasteiger partial charge in [-0.3, -0.25) is 4.79 Å². The van der Waals surface area contributed by atoms with Gasteiger partial charge >= 0.3 is 0 Å². The number of carbonyl (C=O) groups is 1. The lowest BCUT2D eigenvalue weighted by Crippen LogP contribution is -2.19. The maximum absolute atomic E-state index is 11.3. The summed E-state index contributed by atoms with van der Waals surface area (Å²) >= 11 is 1.87. The Morgan fingerprint density at radius 3 is 3.09 bits per heavy atom. The largest absolute Gasteiger partial charge is 0.374 e. The quantitative estimate of drug-likeness (QED) is 0.643. The van der Waals surface area contributed by atoms with Gasteiger partial charge in [0.1, 0.15) is 6.61 Å². The molecular weight excluding hydrogens is 160 g/mol. The Labute approximate surface area is 71.7 Å². The van der Waals surface area contributed by atoms with Gasteiger partial charge in [-0.05, 0) is 19.1 Å². The van der Waals surface area contributed by atoms with Crippen molar-refractivity contribution in [2.24, 2.45) is 5.92 Å². The number of rotatable bonds is 4. The second-order valence-corrected chi connectivity index (χ2v) is 3.81. The third-order valence-corrected chi connectivity index (χ3v) is 3.00. The van der Waals surface area contributed by atoms with Gasteiger partial charge < -0.3 is 4.74 Å². The molecular formula is C8H14O2S. The molecule has 0 aromatic heterocycles. The van der Waals surface area contributed by atoms with Crippen LogP contribution in [0.15, 0.2) is 0 Å². The van der Waals surface area contributed by atoms with Crippen LogP contribution in [-0.4, -0.2) is 30.5 Å². The zero-order valence-corrected chi connectivity index (χ0v) is 7.65. The summed E-state index contributed by atoms with van der Waals surface area (Å²) in [4.78, 5) is 11.3. The van der Waals surface area contributed by atoms with Crippen molar-refractivity contribution in [3.05, 3.63) is 0 Å². The molecule has 11 heavy (non-hydrogen) atoms. The molecule has 1 unspecified atom stereocenters. The van der Waals surface area contributed by atoms with Crippen molar-refractivity contribution in [2.45, 2.75) is 13.3 Å². The van der Waals surface area contributed by atoms with Crippen molar-refractivity contribution in [2.75, 3.05) is 24.7 Å². The molecule has 0 saturated carbocycles. The zero-order chi connectivity index (χ0) is 8.10. The minimum atomic E-state index is 0.284. The summed E-state index contributed by atoms with van der Waals surface area (Å²) in [6, 6.07) is 0. The van der Waals surface area contributed by atoms with E-state index in [0.717, 1.165) is 17.9 Å². The molecule has 0 aromatic rings. The van der Waals surface area contributed by atoms with E-state index in [0.29, 0.717) is 13.2 Å². The molecule has 1 aliphatic heterocycles. The summed E-state index contributed by atoms with van der Waals surface area (Å²) < 4.78 is 5.05. The molecule has 0 radical (unpaired) electrons. The molecule has 64 valence electrons. The van der Waals surface area contributed by atoms with Crippen molar-refractivity contribution in [1.29, 1.82) is 0 Å². The van der Waals surface area contributed by atoms with E-state index in [1.807, 2.05) is 18.7 Å². The molecule has 0 bridgehead atoms. The molecule has 1 atom stereocenters. The molecule has 1 heterocycles. The predicted octanol–water partition coefficient (Wildman–Crippen LogP) is 1.35. The second kappa shape index (κ2) is 4.78. The van der Waals surface area contributed by atoms with E-state index >= 15 is 0 Å². The summed E-state index contributed by atoms with van der Waals surface area (Å²) in [6.07, 6.45) is 1.05. The van der Waals surface area contributed by atoms with E-state index in [4.69, 9.17) is 4.74 Å². The smallest absolute Gasteiger partial charge is 0.162 e. The van der Waals surface area contributed by atoms with Gasteiger partial charge in [-0.1, -0.05) is 0 Å². The number of ether oxygens (including phenoxy) is 1. The van der Waals surface area contributed by atoms with Gasteiger partial charge in [0.2, 0.25) is 0 Å². The molecule has 1 aliphatic rings. The molecule has 0 spiro atoms. The van der Waals surface area contributed by atoms with Gasteiger partial charge in [0.15, 0.2) is 5.78 Å². The number of Topliss-reactive ketones (excluding diaryl/α,β-unsaturated/α-hetero) is 1. The van der Waals surface area contributed by atoms with Crippen LogP contribution in [0, 0.1) is 5.92 Å². The van der Waals surface area contributed by atoms with Crippen LogP contribution in [0.25, 0.3) is 0 Å². The fraction of sp³-hybridized carbons (Fsp3) is 0.875. The average Bonchev–Trinajstić information content (AvgIpc) is 2.52. The summed E-state index contributed by atoms with van der Waals surface area (Å²) in [7, 11) is 0. The summed E-state index contributed by atoms with van der Waals surface area (Å²) in [5.74, 6) is 2.72. The average molecular weight is 174 g/mol. The Hall–Kier alpha value is -0.0200. The highest BCUT2D eigenvalue weighted by Gasteiger charge is 2.22. The van der Waals surface area contributed by atoms with Gasteiger partial charge in [0, 0.05) is 18.3 Å². The van der Waals surface area contributed by atoms with Crippen LogP contribution in [0.5, 0.6) is 0 Å². The lowest BCUT2D eigenvalue weighted by Gasteiger charge is -2.05. The summed E-state index contributed by atoms with van der Waals surface area (Å²) in [6.45, 7) is 2.88. The van der Waals surface area contributed by atoms with Crippen molar-refractivity contribution < 1.29 is 9.53 Å². The molecule has 1 saturated heterocycles. The third-order valence-electron chi connectivity index (χ3n) is 1.83. The standard InChI is InChI=1S/C8H14O2S/c1-2-10-5-8(9)7-3-4-11-6-7/h7H,2-6H2,1H3. The predicted molar refractivity (Wildman–Crippen MR) is 46.9 cm³/mol. The molecule has 0 amide bonds. The summed E-state index contributed by atoms with van der Waals surface area (Å²) in [5, 5.41) is 0. The van der Waals surface area contributed by atoms with E-state index in [9.17, 15) is 4.79 Å². The highest BCUT2D eigenvalue weighted by molar-refractivity contribution is 7.99. The van der Waals surface area contributed by atoms with E-state index in [2.05, 4.69) is 0 Å². The Morgan fingerprint density at radius 2 is 2.55 bits per heavy atom. The lowest BCUT2D eigenvalue weighted by molar-refractivity contribution is -0.126. The molecule has 1 rings (SSSR count). The Balaban J connectivity index is 2.17. The van der Waals surface area contributed by atoms with Crippen LogP contribution in [0.2, 0.25) is 0 Å². The number of hydrogen-bond donors (Lipinski definition) is 0. The van der Waals surface area contributed by atoms with E-state index < -0.39 is 0 Å². The first kappa shape index (κ1) is 9.07. The van der Waals surface area contributed by atoms with Crippen molar-refractivity contribution in [3.8, 4) is 0 Å². The molecule has 3 heteroatoms. The van der Waals surface area contributed by atoms with Crippen molar-refractivity contribution >= 4 is 17.5 Å². The molecule has 0 aromatic carbocycles. The van der Waals surface area contributed by atoms with Crippen molar-refractivity contribution in [1.82, 2.24) is 0 Å². The van der Waals surface area contributed by atoms with Gasteiger partial charge in [-0.2, -0.15) is 11.8 Å². The number of thioether (sulfide) groups is 1. The monoisotopic (exact) mass is 174 g/mol. The third kappa shape index (κ3) is 2.83. The van der Waals surface area contributed by atoms with Crippen LogP contribution in [-0.2, 0) is 9.53 Å². The fourth-order valence-corrected chi connectivity index (χ4v) is 2.36. The van der Waals surface area contributed by atoms with Crippen molar-refractivity contribution in [3.63, 3.8) is 0 Å². The van der Waals surface area contributed by atoms with Crippen LogP contribution >= 0.6 is 11.8 Å². The Kier molecular flexibility index (Phi) is 3.94. The van der Waals surface area contributed by atoms with Crippen LogP contribution < -0.4 is 0 Å². The highest BCUT2D eigenvalue weighted by Crippen LogP contribution is 2.23. The maximum atomic E-state index is 11.3. The first-order valence-corrected chi connectivity index (χ1v) is 5.18. The minimum Gasteiger partial charge on any atom is -0.374 e. The summed E-state index contributed by atoms with van der Waals surface area (Å²) in [5.41, 5.74) is 0. The van der Waals surface area contributed by atoms with E-state index in [1.54, 1.807) is 0 Å². The van der Waals surface area contributed by atoms with Gasteiger partial charge in [-0.25, -0.2) is 0 Å². The molecule has 2 nitrogen and oxygen atoms in total. The Morgan fingerprint density at radius 1 is 1.73 bits per heavy atom. The fourth-order valence-electron chi connectivity index (χ4n) is 1.11. The zero-order valence-electron chi connectivity index (χ0n) is 6.84. The normalized spacial score (nSPS) is 23.9. The SMILES string of the molecule is CCOCC(=O)C1CCSC1. The lowest BCUT2D eigenvalue weighted by atomic mass is 10.1. The van der Waals surface area contributed by atoms with E-state index in [-0.39, 0.29) is 11.7 Å². The second-order valence-electron chi connectivity index (χ2n) is 2.66. The van der Waals surface area contributed by atoms with Gasteiger partial charge in [0.25, 0.3) is 0 Å². The topological polar surface area (TPSA) is 26.3 Å². The Bertz CT molecular complexity index is 130. The first-order chi connectivity index (χ1) is 5.34. The van der Waals surface area contributed by atoms with E-state index in [1.165, 1.54) is 0 Å². The number of ketones is 1.